The maximum absolute atomic E-state index is 2.33. The first-order valence-electron chi connectivity index (χ1n) is 23.3. The molecule has 0 aliphatic heterocycles. The van der Waals surface area contributed by atoms with Crippen molar-refractivity contribution in [3.8, 4) is 11.1 Å². The Balaban J connectivity index is 0.935. The molecule has 0 fully saturated rings. The van der Waals surface area contributed by atoms with Gasteiger partial charge in [0.05, 0.1) is 0 Å². The van der Waals surface area contributed by atoms with E-state index in [1.165, 1.54) is 22.3 Å². The summed E-state index contributed by atoms with van der Waals surface area (Å²) in [6.07, 6.45) is 0. The van der Waals surface area contributed by atoms with Gasteiger partial charge in [-0.15, -0.1) is 0 Å². The number of hydrogen-bond donors (Lipinski definition) is 0. The van der Waals surface area contributed by atoms with E-state index in [0.29, 0.717) is 0 Å². The number of anilines is 12. The zero-order chi connectivity index (χ0) is 46.4. The summed E-state index contributed by atoms with van der Waals surface area (Å²) < 4.78 is 0. The molecule has 0 radical (unpaired) electrons. The van der Waals surface area contributed by atoms with E-state index in [1.54, 1.807) is 0 Å². The van der Waals surface area contributed by atoms with Gasteiger partial charge in [-0.3, -0.25) is 0 Å². The fourth-order valence-corrected chi connectivity index (χ4v) is 8.97. The molecule has 10 aromatic rings. The lowest BCUT2D eigenvalue weighted by Gasteiger charge is -2.29. The van der Waals surface area contributed by atoms with Crippen LogP contribution in [-0.4, -0.2) is 0 Å². The monoisotopic (exact) mass is 878 g/mol. The van der Waals surface area contributed by atoms with E-state index in [4.69, 9.17) is 0 Å². The van der Waals surface area contributed by atoms with Crippen LogP contribution < -0.4 is 19.6 Å². The summed E-state index contributed by atoms with van der Waals surface area (Å²) in [4.78, 5) is 9.30. The summed E-state index contributed by atoms with van der Waals surface area (Å²) in [6, 6.07) is 91.7. The topological polar surface area (TPSA) is 13.0 Å². The van der Waals surface area contributed by atoms with Gasteiger partial charge in [-0.05, 0) is 196 Å². The van der Waals surface area contributed by atoms with Gasteiger partial charge in [0.25, 0.3) is 0 Å². The van der Waals surface area contributed by atoms with E-state index in [9.17, 15) is 0 Å². The third-order valence-electron chi connectivity index (χ3n) is 12.4. The molecule has 0 spiro atoms. The summed E-state index contributed by atoms with van der Waals surface area (Å²) in [6.45, 7) is 8.55. The fraction of sp³-hybridized carbons (Fsp3) is 0.0625. The van der Waals surface area contributed by atoms with Crippen LogP contribution >= 0.6 is 0 Å². The van der Waals surface area contributed by atoms with Gasteiger partial charge in [0, 0.05) is 68.2 Å². The van der Waals surface area contributed by atoms with Crippen molar-refractivity contribution in [1.82, 2.24) is 0 Å². The Bertz CT molecular complexity index is 3000. The van der Waals surface area contributed by atoms with Crippen LogP contribution in [0.2, 0.25) is 0 Å². The minimum absolute atomic E-state index is 1.08. The first kappa shape index (κ1) is 43.3. The molecular formula is C64H54N4. The lowest BCUT2D eigenvalue weighted by Crippen LogP contribution is -2.12. The van der Waals surface area contributed by atoms with Crippen molar-refractivity contribution in [2.45, 2.75) is 27.7 Å². The van der Waals surface area contributed by atoms with Crippen molar-refractivity contribution in [1.29, 1.82) is 0 Å². The summed E-state index contributed by atoms with van der Waals surface area (Å²) in [5.41, 5.74) is 20.5. The highest BCUT2D eigenvalue weighted by atomic mass is 15.2. The quantitative estimate of drug-likeness (QED) is 0.114. The smallest absolute Gasteiger partial charge is 0.0464 e. The highest BCUT2D eigenvalue weighted by Gasteiger charge is 2.19. The molecule has 0 saturated heterocycles. The van der Waals surface area contributed by atoms with E-state index < -0.39 is 0 Å². The lowest BCUT2D eigenvalue weighted by atomic mass is 10.0. The van der Waals surface area contributed by atoms with Crippen LogP contribution in [0.5, 0.6) is 0 Å². The molecular weight excluding hydrogens is 825 g/mol. The maximum Gasteiger partial charge on any atom is 0.0464 e. The van der Waals surface area contributed by atoms with Gasteiger partial charge in [-0.25, -0.2) is 0 Å². The number of benzene rings is 10. The van der Waals surface area contributed by atoms with Crippen molar-refractivity contribution in [2.75, 3.05) is 19.6 Å². The molecule has 0 heterocycles. The van der Waals surface area contributed by atoms with Crippen LogP contribution in [0.3, 0.4) is 0 Å². The molecule has 0 aromatic heterocycles. The second-order valence-corrected chi connectivity index (χ2v) is 17.5. The van der Waals surface area contributed by atoms with Crippen LogP contribution in [0.1, 0.15) is 22.3 Å². The van der Waals surface area contributed by atoms with Crippen LogP contribution in [-0.2, 0) is 0 Å². The highest BCUT2D eigenvalue weighted by molar-refractivity contribution is 5.84. The minimum Gasteiger partial charge on any atom is -0.311 e. The number of rotatable bonds is 13. The summed E-state index contributed by atoms with van der Waals surface area (Å²) in [5.74, 6) is 0. The molecule has 0 aliphatic carbocycles. The highest BCUT2D eigenvalue weighted by Crippen LogP contribution is 2.42. The predicted molar refractivity (Wildman–Crippen MR) is 290 cm³/mol. The molecule has 330 valence electrons. The van der Waals surface area contributed by atoms with Crippen molar-refractivity contribution in [3.63, 3.8) is 0 Å². The Labute approximate surface area is 401 Å². The van der Waals surface area contributed by atoms with E-state index in [-0.39, 0.29) is 0 Å². The van der Waals surface area contributed by atoms with Gasteiger partial charge in [0.15, 0.2) is 0 Å². The lowest BCUT2D eigenvalue weighted by molar-refractivity contribution is 1.25. The van der Waals surface area contributed by atoms with Gasteiger partial charge in [0.2, 0.25) is 0 Å². The molecule has 0 saturated carbocycles. The average Bonchev–Trinajstić information content (AvgIpc) is 3.38. The first-order chi connectivity index (χ1) is 33.3. The Kier molecular flexibility index (Phi) is 12.4. The molecule has 0 aliphatic rings. The summed E-state index contributed by atoms with van der Waals surface area (Å²) in [7, 11) is 0. The zero-order valence-corrected chi connectivity index (χ0v) is 39.0. The van der Waals surface area contributed by atoms with Crippen molar-refractivity contribution < 1.29 is 0 Å². The van der Waals surface area contributed by atoms with E-state index in [1.807, 2.05) is 0 Å². The largest absolute Gasteiger partial charge is 0.311 e. The van der Waals surface area contributed by atoms with Gasteiger partial charge in [-0.2, -0.15) is 0 Å². The summed E-state index contributed by atoms with van der Waals surface area (Å²) >= 11 is 0. The van der Waals surface area contributed by atoms with E-state index in [2.05, 4.69) is 302 Å². The Morgan fingerprint density at radius 2 is 0.397 bits per heavy atom. The Morgan fingerprint density at radius 1 is 0.176 bits per heavy atom. The van der Waals surface area contributed by atoms with Crippen LogP contribution in [0, 0.1) is 27.7 Å². The van der Waals surface area contributed by atoms with Crippen molar-refractivity contribution >= 4 is 68.2 Å². The van der Waals surface area contributed by atoms with Crippen LogP contribution in [0.25, 0.3) is 11.1 Å². The Hall–Kier alpha value is -8.60. The van der Waals surface area contributed by atoms with Crippen molar-refractivity contribution in [3.05, 3.63) is 277 Å². The average molecular weight is 879 g/mol. The number of hydrogen-bond acceptors (Lipinski definition) is 4. The standard InChI is InChI=1S/C64H54N4/c1-47-21-29-55(30-22-47)67(63-19-11-13-49(3)45-63)61-41-37-59(38-42-61)65(53-15-7-5-8-16-53)57-33-25-51(26-34-57)52-27-35-58(36-28-52)66(54-17-9-6-10-18-54)60-39-43-62(44-40-60)68(56-31-23-48(2)24-32-56)64-20-12-14-50(4)46-64/h5-46H,1-4H3. The Morgan fingerprint density at radius 3 is 0.676 bits per heavy atom. The molecule has 4 nitrogen and oxygen atoms in total. The molecule has 0 N–H and O–H groups in total. The fourth-order valence-electron chi connectivity index (χ4n) is 8.97. The van der Waals surface area contributed by atoms with Gasteiger partial charge in [0.1, 0.15) is 0 Å². The second kappa shape index (κ2) is 19.5. The van der Waals surface area contributed by atoms with Gasteiger partial charge >= 0.3 is 0 Å². The first-order valence-corrected chi connectivity index (χ1v) is 23.3. The molecule has 10 rings (SSSR count). The molecule has 68 heavy (non-hydrogen) atoms. The molecule has 0 amide bonds. The SMILES string of the molecule is Cc1ccc(N(c2ccc(N(c3ccccc3)c3ccc(-c4ccc(N(c5ccccc5)c5ccc(N(c6ccc(C)cc6)c6cccc(C)c6)cc5)cc4)cc3)cc2)c2cccc(C)c2)cc1. The predicted octanol–water partition coefficient (Wildman–Crippen LogP) is 18.5. The second-order valence-electron chi connectivity index (χ2n) is 17.5. The molecule has 0 atom stereocenters. The normalized spacial score (nSPS) is 10.9. The van der Waals surface area contributed by atoms with E-state index in [0.717, 1.165) is 79.4 Å². The van der Waals surface area contributed by atoms with Crippen LogP contribution in [0.4, 0.5) is 68.2 Å². The maximum atomic E-state index is 2.33. The van der Waals surface area contributed by atoms with Crippen molar-refractivity contribution in [2.24, 2.45) is 0 Å². The molecule has 0 unspecified atom stereocenters. The number of aryl methyl sites for hydroxylation is 4. The molecule has 4 heteroatoms. The molecule has 10 aromatic carbocycles. The summed E-state index contributed by atoms with van der Waals surface area (Å²) in [5, 5.41) is 0. The zero-order valence-electron chi connectivity index (χ0n) is 39.0. The third-order valence-corrected chi connectivity index (χ3v) is 12.4. The number of para-hydroxylation sites is 2. The van der Waals surface area contributed by atoms with Gasteiger partial charge < -0.3 is 19.6 Å². The van der Waals surface area contributed by atoms with E-state index >= 15 is 0 Å². The third kappa shape index (κ3) is 9.40. The molecule has 0 bridgehead atoms. The minimum atomic E-state index is 1.08. The van der Waals surface area contributed by atoms with Crippen LogP contribution in [0.15, 0.2) is 255 Å². The van der Waals surface area contributed by atoms with Gasteiger partial charge in [-0.1, -0.05) is 120 Å². The number of nitrogens with zero attached hydrogens (tertiary/aromatic N) is 4.